The first-order chi connectivity index (χ1) is 14.4. The minimum absolute atomic E-state index is 0. The van der Waals surface area contributed by atoms with E-state index in [-0.39, 0.29) is 17.4 Å². The third kappa shape index (κ3) is 7.80. The van der Waals surface area contributed by atoms with E-state index in [1.165, 1.54) is 5.19 Å². The number of hydrogen-bond donors (Lipinski definition) is 0. The van der Waals surface area contributed by atoms with Crippen LogP contribution in [-0.4, -0.2) is 8.07 Å². The summed E-state index contributed by atoms with van der Waals surface area (Å²) in [5.74, 6) is 0. The van der Waals surface area contributed by atoms with Crippen LogP contribution in [0.5, 0.6) is 0 Å². The van der Waals surface area contributed by atoms with E-state index in [1.54, 1.807) is 0 Å². The molecule has 31 heavy (non-hydrogen) atoms. The van der Waals surface area contributed by atoms with Gasteiger partial charge < -0.3 is 4.57 Å². The van der Waals surface area contributed by atoms with E-state index in [0.717, 1.165) is 15.9 Å². The summed E-state index contributed by atoms with van der Waals surface area (Å²) in [5, 5.41) is 4.09. The van der Waals surface area contributed by atoms with E-state index in [2.05, 4.69) is 57.8 Å². The first-order valence-electron chi connectivity index (χ1n) is 8.86. The molecule has 0 aliphatic rings. The summed E-state index contributed by atoms with van der Waals surface area (Å²) < 4.78 is 37.0. The molecule has 3 aromatic carbocycles. The maximum atomic E-state index is 14.5. The molecule has 3 aromatic rings. The second-order valence-electron chi connectivity index (χ2n) is 7.05. The van der Waals surface area contributed by atoms with Gasteiger partial charge in [0.25, 0.3) is 0 Å². The predicted molar refractivity (Wildman–Crippen MR) is 121 cm³/mol. The van der Waals surface area contributed by atoms with Crippen LogP contribution in [0.4, 0.5) is 0 Å². The normalized spacial score (nSPS) is 9.58. The van der Waals surface area contributed by atoms with Crippen molar-refractivity contribution in [2.24, 2.45) is 0 Å². The van der Waals surface area contributed by atoms with Gasteiger partial charge >= 0.3 is 33.9 Å². The van der Waals surface area contributed by atoms with Crippen molar-refractivity contribution in [3.8, 4) is 0 Å². The van der Waals surface area contributed by atoms with Gasteiger partial charge in [-0.15, -0.1) is 0 Å². The molecule has 4 nitrogen and oxygen atoms in total. The Morgan fingerprint density at radius 3 is 1.29 bits per heavy atom. The van der Waals surface area contributed by atoms with E-state index in [4.69, 9.17) is 14.0 Å². The molecule has 0 fully saturated rings. The van der Waals surface area contributed by atoms with Gasteiger partial charge in [0.15, 0.2) is 7.14 Å². The van der Waals surface area contributed by atoms with Gasteiger partial charge in [-0.05, 0) is 5.19 Å². The molecule has 0 amide bonds. The predicted octanol–water partition coefficient (Wildman–Crippen LogP) is 3.76. The molecule has 3 rings (SSSR count). The summed E-state index contributed by atoms with van der Waals surface area (Å²) in [5.41, 5.74) is 0. The standard InChI is InChI=1S/C21H23OPSi.3CO.Cr/c1-24(2,3)21-17-11-10-16-20(21)23(22,18-12-6-4-7-13-18)19-14-8-5-9-15-19;3*1-2;/h4-17H,1-3H3;;;;. The van der Waals surface area contributed by atoms with Gasteiger partial charge in [0, 0.05) is 33.3 Å². The third-order valence-electron chi connectivity index (χ3n) is 4.29. The molecule has 0 spiro atoms. The summed E-state index contributed by atoms with van der Waals surface area (Å²) >= 11 is 0. The van der Waals surface area contributed by atoms with Gasteiger partial charge in [0.05, 0.1) is 8.07 Å². The fourth-order valence-corrected chi connectivity index (χ4v) is 8.76. The zero-order valence-corrected chi connectivity index (χ0v) is 20.7. The zero-order valence-electron chi connectivity index (χ0n) is 17.6. The Labute approximate surface area is 196 Å². The molecule has 0 aliphatic heterocycles. The van der Waals surface area contributed by atoms with Crippen LogP contribution < -0.4 is 21.1 Å². The molecule has 0 heterocycles. The van der Waals surface area contributed by atoms with Crippen molar-refractivity contribution in [3.63, 3.8) is 0 Å². The van der Waals surface area contributed by atoms with Gasteiger partial charge in [0.1, 0.15) is 0 Å². The zero-order chi connectivity index (χ0) is 23.2. The number of hydrogen-bond acceptors (Lipinski definition) is 1. The smallest absolute Gasteiger partial charge is 0 e. The van der Waals surface area contributed by atoms with Gasteiger partial charge in [-0.1, -0.05) is 105 Å². The van der Waals surface area contributed by atoms with Gasteiger partial charge in [-0.2, -0.15) is 0 Å². The Morgan fingerprint density at radius 1 is 0.613 bits per heavy atom. The van der Waals surface area contributed by atoms with Crippen molar-refractivity contribution in [2.75, 3.05) is 0 Å². The summed E-state index contributed by atoms with van der Waals surface area (Å²) in [6.45, 7) is 20.4. The van der Waals surface area contributed by atoms with Crippen LogP contribution >= 0.6 is 7.14 Å². The van der Waals surface area contributed by atoms with Crippen LogP contribution in [-0.2, 0) is 35.9 Å². The topological polar surface area (TPSA) is 76.8 Å². The summed E-state index contributed by atoms with van der Waals surface area (Å²) in [6.07, 6.45) is 0. The molecule has 0 radical (unpaired) electrons. The number of benzene rings is 3. The second kappa shape index (κ2) is 15.6. The molecule has 0 saturated heterocycles. The summed E-state index contributed by atoms with van der Waals surface area (Å²) in [7, 11) is -4.50. The molecule has 158 valence electrons. The second-order valence-corrected chi connectivity index (χ2v) is 14.8. The first-order valence-corrected chi connectivity index (χ1v) is 14.1. The largest absolute Gasteiger partial charge is 0 e. The molecular formula is C24H23CrO4PSi. The van der Waals surface area contributed by atoms with Crippen LogP contribution in [0.15, 0.2) is 84.9 Å². The molecule has 0 aromatic heterocycles. The molecule has 0 unspecified atom stereocenters. The van der Waals surface area contributed by atoms with Crippen LogP contribution in [0.1, 0.15) is 0 Å². The van der Waals surface area contributed by atoms with Gasteiger partial charge in [0.2, 0.25) is 0 Å². The van der Waals surface area contributed by atoms with Crippen molar-refractivity contribution in [1.82, 2.24) is 0 Å². The van der Waals surface area contributed by atoms with Crippen molar-refractivity contribution in [1.29, 1.82) is 0 Å². The quantitative estimate of drug-likeness (QED) is 0.240. The van der Waals surface area contributed by atoms with Crippen molar-refractivity contribution < 1.29 is 35.9 Å². The minimum Gasteiger partial charge on any atom is 0 e. The monoisotopic (exact) mass is 486 g/mol. The fourth-order valence-electron chi connectivity index (χ4n) is 3.09. The molecule has 0 bridgehead atoms. The van der Waals surface area contributed by atoms with Crippen molar-refractivity contribution in [2.45, 2.75) is 19.6 Å². The third-order valence-corrected chi connectivity index (χ3v) is 9.67. The van der Waals surface area contributed by atoms with Crippen LogP contribution in [0.2, 0.25) is 19.6 Å². The Kier molecular flexibility index (Phi) is 15.7. The average Bonchev–Trinajstić information content (AvgIpc) is 2.83. The van der Waals surface area contributed by atoms with E-state index in [0.29, 0.717) is 0 Å². The Bertz CT molecular complexity index is 952. The number of rotatable bonds is 4. The van der Waals surface area contributed by atoms with Crippen LogP contribution in [0.25, 0.3) is 0 Å². The summed E-state index contributed by atoms with van der Waals surface area (Å²) in [6, 6.07) is 28.1. The molecular weight excluding hydrogens is 463 g/mol. The van der Waals surface area contributed by atoms with E-state index < -0.39 is 15.2 Å². The van der Waals surface area contributed by atoms with Crippen molar-refractivity contribution >= 4 is 36.3 Å². The Balaban J connectivity index is 0. The first kappa shape index (κ1) is 31.0. The van der Waals surface area contributed by atoms with Crippen LogP contribution in [0, 0.1) is 20.0 Å². The van der Waals surface area contributed by atoms with Crippen LogP contribution in [0.3, 0.4) is 0 Å². The van der Waals surface area contributed by atoms with Gasteiger partial charge in [-0.25, -0.2) is 0 Å². The van der Waals surface area contributed by atoms with E-state index >= 15 is 0 Å². The van der Waals surface area contributed by atoms with Gasteiger partial charge in [-0.3, -0.25) is 0 Å². The Morgan fingerprint density at radius 2 is 0.935 bits per heavy atom. The summed E-state index contributed by atoms with van der Waals surface area (Å²) in [4.78, 5) is 0. The molecule has 7 heteroatoms. The molecule has 0 aliphatic carbocycles. The fraction of sp³-hybridized carbons (Fsp3) is 0.125. The van der Waals surface area contributed by atoms with E-state index in [1.807, 2.05) is 66.7 Å². The maximum Gasteiger partial charge on any atom is 0 e. The molecule has 0 N–H and O–H groups in total. The Hall–Kier alpha value is -2.14. The molecule has 0 saturated carbocycles. The van der Waals surface area contributed by atoms with Crippen molar-refractivity contribution in [3.05, 3.63) is 105 Å². The average molecular weight is 487 g/mol. The molecule has 0 atom stereocenters. The SMILES string of the molecule is C[Si](C)(C)c1ccccc1P(=O)(c1ccccc1)c1ccccc1.[C-]#[O+].[C-]#[O+].[C-]#[O+].[Cr]. The maximum absolute atomic E-state index is 14.5. The van der Waals surface area contributed by atoms with E-state index in [9.17, 15) is 4.57 Å². The minimum atomic E-state index is -2.88.